The zero-order valence-electron chi connectivity index (χ0n) is 11.0. The van der Waals surface area contributed by atoms with Crippen LogP contribution in [0.4, 0.5) is 0 Å². The molecule has 1 fully saturated rings. The normalized spacial score (nSPS) is 22.2. The van der Waals surface area contributed by atoms with E-state index in [0.717, 1.165) is 12.0 Å². The number of hydrogen-bond acceptors (Lipinski definition) is 3. The van der Waals surface area contributed by atoms with Crippen LogP contribution in [0, 0.1) is 5.92 Å². The number of carbonyl (C=O) groups excluding carboxylic acids is 1. The number of amides is 1. The number of halogens is 1. The van der Waals surface area contributed by atoms with Gasteiger partial charge < -0.3 is 15.8 Å². The smallest absolute Gasteiger partial charge is 0.225 e. The molecule has 1 aliphatic rings. The minimum atomic E-state index is -0.153. The third-order valence-electron chi connectivity index (χ3n) is 3.17. The van der Waals surface area contributed by atoms with Crippen molar-refractivity contribution in [2.24, 2.45) is 11.7 Å². The summed E-state index contributed by atoms with van der Waals surface area (Å²) in [7, 11) is 0. The first-order valence-corrected chi connectivity index (χ1v) is 6.42. The number of nitrogens with one attached hydrogen (secondary N) is 1. The van der Waals surface area contributed by atoms with E-state index in [4.69, 9.17) is 10.5 Å². The SMILES string of the molecule is CCOC1CC1C(=O)NCC(N)c1ccccc1.Cl. The van der Waals surface area contributed by atoms with Crippen LogP contribution in [0.1, 0.15) is 24.9 Å². The Labute approximate surface area is 120 Å². The van der Waals surface area contributed by atoms with E-state index in [9.17, 15) is 4.79 Å². The summed E-state index contributed by atoms with van der Waals surface area (Å²) in [6.45, 7) is 3.08. The highest BCUT2D eigenvalue weighted by Crippen LogP contribution is 2.33. The molecule has 0 bridgehead atoms. The van der Waals surface area contributed by atoms with Crippen molar-refractivity contribution in [3.63, 3.8) is 0 Å². The number of benzene rings is 1. The lowest BCUT2D eigenvalue weighted by Crippen LogP contribution is -2.33. The van der Waals surface area contributed by atoms with Gasteiger partial charge in [-0.3, -0.25) is 4.79 Å². The molecule has 4 nitrogen and oxygen atoms in total. The minimum absolute atomic E-state index is 0. The van der Waals surface area contributed by atoms with Gasteiger partial charge in [-0.25, -0.2) is 0 Å². The van der Waals surface area contributed by atoms with E-state index in [-0.39, 0.29) is 36.4 Å². The van der Waals surface area contributed by atoms with Crippen molar-refractivity contribution in [2.45, 2.75) is 25.5 Å². The summed E-state index contributed by atoms with van der Waals surface area (Å²) in [6.07, 6.45) is 0.947. The fourth-order valence-corrected chi connectivity index (χ4v) is 2.01. The minimum Gasteiger partial charge on any atom is -0.378 e. The van der Waals surface area contributed by atoms with Gasteiger partial charge in [0, 0.05) is 19.2 Å². The third kappa shape index (κ3) is 4.49. The van der Waals surface area contributed by atoms with Gasteiger partial charge in [0.15, 0.2) is 0 Å². The molecule has 3 N–H and O–H groups in total. The van der Waals surface area contributed by atoms with Gasteiger partial charge in [-0.15, -0.1) is 12.4 Å². The largest absolute Gasteiger partial charge is 0.378 e. The number of ether oxygens (including phenoxy) is 1. The molecule has 1 aliphatic carbocycles. The van der Waals surface area contributed by atoms with Crippen molar-refractivity contribution in [3.05, 3.63) is 35.9 Å². The topological polar surface area (TPSA) is 64.3 Å². The fourth-order valence-electron chi connectivity index (χ4n) is 2.01. The molecular weight excluding hydrogens is 264 g/mol. The number of nitrogens with two attached hydrogens (primary N) is 1. The van der Waals surface area contributed by atoms with Crippen LogP contribution < -0.4 is 11.1 Å². The molecule has 0 heterocycles. The molecule has 0 spiro atoms. The van der Waals surface area contributed by atoms with E-state index in [1.165, 1.54) is 0 Å². The molecule has 1 aromatic rings. The molecule has 2 rings (SSSR count). The van der Waals surface area contributed by atoms with Crippen LogP contribution in [0.5, 0.6) is 0 Å². The molecule has 3 atom stereocenters. The second-order valence-corrected chi connectivity index (χ2v) is 4.60. The van der Waals surface area contributed by atoms with Crippen molar-refractivity contribution in [1.29, 1.82) is 0 Å². The van der Waals surface area contributed by atoms with Crippen molar-refractivity contribution in [1.82, 2.24) is 5.32 Å². The van der Waals surface area contributed by atoms with E-state index >= 15 is 0 Å². The van der Waals surface area contributed by atoms with E-state index in [0.29, 0.717) is 13.2 Å². The average molecular weight is 285 g/mol. The van der Waals surface area contributed by atoms with Gasteiger partial charge in [0.25, 0.3) is 0 Å². The molecular formula is C14H21ClN2O2. The quantitative estimate of drug-likeness (QED) is 0.835. The lowest BCUT2D eigenvalue weighted by molar-refractivity contribution is -0.123. The maximum atomic E-state index is 11.8. The average Bonchev–Trinajstić information content (AvgIpc) is 3.16. The monoisotopic (exact) mass is 284 g/mol. The zero-order valence-corrected chi connectivity index (χ0v) is 11.9. The van der Waals surface area contributed by atoms with Gasteiger partial charge in [-0.1, -0.05) is 30.3 Å². The summed E-state index contributed by atoms with van der Waals surface area (Å²) >= 11 is 0. The summed E-state index contributed by atoms with van der Waals surface area (Å²) < 4.78 is 5.39. The summed E-state index contributed by atoms with van der Waals surface area (Å²) in [5, 5.41) is 2.89. The number of rotatable bonds is 6. The molecule has 19 heavy (non-hydrogen) atoms. The summed E-state index contributed by atoms with van der Waals surface area (Å²) in [6, 6.07) is 9.63. The van der Waals surface area contributed by atoms with Gasteiger partial charge in [-0.2, -0.15) is 0 Å². The Morgan fingerprint density at radius 3 is 2.79 bits per heavy atom. The van der Waals surface area contributed by atoms with Crippen LogP contribution in [0.2, 0.25) is 0 Å². The Bertz CT molecular complexity index is 400. The molecule has 0 aromatic heterocycles. The molecule has 0 radical (unpaired) electrons. The maximum absolute atomic E-state index is 11.8. The summed E-state index contributed by atoms with van der Waals surface area (Å²) in [5.74, 6) is 0.0766. The molecule has 1 aromatic carbocycles. The maximum Gasteiger partial charge on any atom is 0.225 e. The highest BCUT2D eigenvalue weighted by Gasteiger charge is 2.43. The molecule has 1 saturated carbocycles. The molecule has 106 valence electrons. The van der Waals surface area contributed by atoms with Crippen LogP contribution in [-0.2, 0) is 9.53 Å². The molecule has 0 aliphatic heterocycles. The van der Waals surface area contributed by atoms with E-state index in [1.54, 1.807) is 0 Å². The Balaban J connectivity index is 0.00000180. The van der Waals surface area contributed by atoms with Gasteiger partial charge in [0.05, 0.1) is 12.0 Å². The standard InChI is InChI=1S/C14H20N2O2.ClH/c1-2-18-13-8-11(13)14(17)16-9-12(15)10-6-4-3-5-7-10;/h3-7,11-13H,2,8-9,15H2,1H3,(H,16,17);1H. The van der Waals surface area contributed by atoms with Crippen molar-refractivity contribution in [3.8, 4) is 0 Å². The first-order chi connectivity index (χ1) is 8.72. The van der Waals surface area contributed by atoms with Crippen LogP contribution in [-0.4, -0.2) is 25.2 Å². The molecule has 0 saturated heterocycles. The predicted molar refractivity (Wildman–Crippen MR) is 77.1 cm³/mol. The van der Waals surface area contributed by atoms with Gasteiger partial charge in [0.1, 0.15) is 0 Å². The van der Waals surface area contributed by atoms with Gasteiger partial charge in [-0.05, 0) is 18.9 Å². The second kappa shape index (κ2) is 7.48. The highest BCUT2D eigenvalue weighted by molar-refractivity contribution is 5.85. The predicted octanol–water partition coefficient (Wildman–Crippen LogP) is 1.65. The molecule has 5 heteroatoms. The van der Waals surface area contributed by atoms with E-state index < -0.39 is 0 Å². The van der Waals surface area contributed by atoms with Crippen LogP contribution in [0.15, 0.2) is 30.3 Å². The summed E-state index contributed by atoms with van der Waals surface area (Å²) in [5.41, 5.74) is 7.05. The van der Waals surface area contributed by atoms with Gasteiger partial charge in [0.2, 0.25) is 5.91 Å². The highest BCUT2D eigenvalue weighted by atomic mass is 35.5. The second-order valence-electron chi connectivity index (χ2n) is 4.60. The number of carbonyl (C=O) groups is 1. The van der Waals surface area contributed by atoms with Crippen molar-refractivity contribution >= 4 is 18.3 Å². The lowest BCUT2D eigenvalue weighted by atomic mass is 10.1. The van der Waals surface area contributed by atoms with E-state index in [1.807, 2.05) is 37.3 Å². The Morgan fingerprint density at radius 2 is 2.16 bits per heavy atom. The first-order valence-electron chi connectivity index (χ1n) is 6.42. The van der Waals surface area contributed by atoms with Gasteiger partial charge >= 0.3 is 0 Å². The van der Waals surface area contributed by atoms with Crippen LogP contribution in [0.25, 0.3) is 0 Å². The van der Waals surface area contributed by atoms with Crippen LogP contribution in [0.3, 0.4) is 0 Å². The Kier molecular flexibility index (Phi) is 6.28. The van der Waals surface area contributed by atoms with Crippen molar-refractivity contribution < 1.29 is 9.53 Å². The van der Waals surface area contributed by atoms with Crippen molar-refractivity contribution in [2.75, 3.05) is 13.2 Å². The lowest BCUT2D eigenvalue weighted by Gasteiger charge is -2.13. The Morgan fingerprint density at radius 1 is 1.47 bits per heavy atom. The molecule has 3 unspecified atom stereocenters. The third-order valence-corrected chi connectivity index (χ3v) is 3.17. The number of hydrogen-bond donors (Lipinski definition) is 2. The first kappa shape index (κ1) is 16.0. The molecule has 1 amide bonds. The van der Waals surface area contributed by atoms with E-state index in [2.05, 4.69) is 5.32 Å². The van der Waals surface area contributed by atoms with Crippen LogP contribution >= 0.6 is 12.4 Å². The Hall–Kier alpha value is -1.10. The zero-order chi connectivity index (χ0) is 13.0. The fraction of sp³-hybridized carbons (Fsp3) is 0.500. The summed E-state index contributed by atoms with van der Waals surface area (Å²) in [4.78, 5) is 11.8.